The van der Waals surface area contributed by atoms with Gasteiger partial charge in [0.2, 0.25) is 0 Å². The van der Waals surface area contributed by atoms with Gasteiger partial charge in [0.25, 0.3) is 0 Å². The summed E-state index contributed by atoms with van der Waals surface area (Å²) in [6, 6.07) is 10.8. The normalized spacial score (nSPS) is 13.9. The van der Waals surface area contributed by atoms with Crippen molar-refractivity contribution in [2.75, 3.05) is 0 Å². The van der Waals surface area contributed by atoms with Gasteiger partial charge in [0.05, 0.1) is 8.07 Å². The number of thioether (sulfide) groups is 1. The van der Waals surface area contributed by atoms with E-state index in [1.165, 1.54) is 17.7 Å². The molecule has 0 nitrogen and oxygen atoms in total. The number of hydrogen-bond acceptors (Lipinski definition) is 1. The van der Waals surface area contributed by atoms with Crippen LogP contribution in [0, 0.1) is 0 Å². The molecule has 1 aromatic carbocycles. The molecule has 0 spiro atoms. The Bertz CT molecular complexity index is 276. The molecule has 0 heterocycles. The van der Waals surface area contributed by atoms with Crippen molar-refractivity contribution in [3.05, 3.63) is 30.3 Å². The first kappa shape index (κ1) is 12.9. The Kier molecular flexibility index (Phi) is 4.93. The fraction of sp³-hybridized carbons (Fsp3) is 0.538. The second-order valence-electron chi connectivity index (χ2n) is 5.07. The summed E-state index contributed by atoms with van der Waals surface area (Å²) in [4.78, 5) is 2.28. The lowest BCUT2D eigenvalue weighted by molar-refractivity contribution is 0.847. The quantitative estimate of drug-likeness (QED) is 0.523. The smallest absolute Gasteiger partial charge is 0.0591 e. The molecule has 0 aliphatic heterocycles. The predicted molar refractivity (Wildman–Crippen MR) is 74.3 cm³/mol. The van der Waals surface area contributed by atoms with Crippen molar-refractivity contribution >= 4 is 19.8 Å². The summed E-state index contributed by atoms with van der Waals surface area (Å²) < 4.78 is 0. The van der Waals surface area contributed by atoms with Crippen molar-refractivity contribution in [2.24, 2.45) is 0 Å². The first-order valence-electron chi connectivity index (χ1n) is 5.75. The van der Waals surface area contributed by atoms with Crippen LogP contribution >= 0.6 is 11.8 Å². The molecular formula is C13H22SSi. The molecule has 0 aromatic heterocycles. The average molecular weight is 238 g/mol. The highest BCUT2D eigenvalue weighted by molar-refractivity contribution is 8.01. The van der Waals surface area contributed by atoms with Gasteiger partial charge in [0, 0.05) is 9.77 Å². The Labute approximate surface area is 99.5 Å². The van der Waals surface area contributed by atoms with Crippen molar-refractivity contribution in [1.82, 2.24) is 0 Å². The first-order chi connectivity index (χ1) is 7.04. The molecule has 1 aromatic rings. The fourth-order valence-electron chi connectivity index (χ4n) is 1.59. The van der Waals surface area contributed by atoms with E-state index in [4.69, 9.17) is 0 Å². The second-order valence-corrected chi connectivity index (χ2v) is 12.2. The van der Waals surface area contributed by atoms with E-state index in [0.29, 0.717) is 0 Å². The zero-order valence-electron chi connectivity index (χ0n) is 10.3. The van der Waals surface area contributed by atoms with Gasteiger partial charge in [0.1, 0.15) is 0 Å². The highest BCUT2D eigenvalue weighted by atomic mass is 32.2. The molecule has 0 bridgehead atoms. The summed E-state index contributed by atoms with van der Waals surface area (Å²) in [5.41, 5.74) is 0. The minimum atomic E-state index is -1.03. The summed E-state index contributed by atoms with van der Waals surface area (Å²) in [5, 5.41) is 0. The van der Waals surface area contributed by atoms with E-state index in [1.54, 1.807) is 0 Å². The van der Waals surface area contributed by atoms with E-state index in [2.05, 4.69) is 68.7 Å². The minimum absolute atomic E-state index is 0.852. The van der Waals surface area contributed by atoms with Crippen molar-refractivity contribution < 1.29 is 0 Å². The van der Waals surface area contributed by atoms with Crippen molar-refractivity contribution in [3.8, 4) is 0 Å². The summed E-state index contributed by atoms with van der Waals surface area (Å²) >= 11 is 2.08. The molecule has 0 amide bonds. The third-order valence-electron chi connectivity index (χ3n) is 2.54. The summed E-state index contributed by atoms with van der Waals surface area (Å²) in [7, 11) is -1.03. The SMILES string of the molecule is CCCC(Sc1ccccc1)[Si](C)(C)C. The van der Waals surface area contributed by atoms with Crippen LogP contribution in [0.3, 0.4) is 0 Å². The maximum atomic E-state index is 2.48. The Hall–Kier alpha value is -0.213. The van der Waals surface area contributed by atoms with Crippen LogP contribution in [0.25, 0.3) is 0 Å². The fourth-order valence-corrected chi connectivity index (χ4v) is 5.57. The largest absolute Gasteiger partial charge is 0.126 e. The number of rotatable bonds is 5. The first-order valence-corrected chi connectivity index (χ1v) is 10.2. The van der Waals surface area contributed by atoms with E-state index >= 15 is 0 Å². The van der Waals surface area contributed by atoms with Gasteiger partial charge in [0.15, 0.2) is 0 Å². The van der Waals surface area contributed by atoms with Crippen molar-refractivity contribution in [3.63, 3.8) is 0 Å². The van der Waals surface area contributed by atoms with Gasteiger partial charge in [-0.1, -0.05) is 51.2 Å². The Morgan fingerprint density at radius 1 is 1.13 bits per heavy atom. The van der Waals surface area contributed by atoms with Crippen molar-refractivity contribution in [2.45, 2.75) is 49.2 Å². The Morgan fingerprint density at radius 3 is 2.20 bits per heavy atom. The lowest BCUT2D eigenvalue weighted by Crippen LogP contribution is -2.35. The van der Waals surface area contributed by atoms with E-state index in [0.717, 1.165) is 4.87 Å². The number of hydrogen-bond donors (Lipinski definition) is 0. The highest BCUT2D eigenvalue weighted by Gasteiger charge is 2.26. The molecule has 1 unspecified atom stereocenters. The molecule has 1 rings (SSSR count). The van der Waals surface area contributed by atoms with Gasteiger partial charge in [-0.05, 0) is 18.6 Å². The molecule has 0 radical (unpaired) electrons. The Balaban J connectivity index is 2.67. The van der Waals surface area contributed by atoms with E-state index in [9.17, 15) is 0 Å². The van der Waals surface area contributed by atoms with Gasteiger partial charge in [-0.3, -0.25) is 0 Å². The molecule has 0 fully saturated rings. The van der Waals surface area contributed by atoms with Gasteiger partial charge < -0.3 is 0 Å². The molecule has 0 N–H and O–H groups in total. The topological polar surface area (TPSA) is 0 Å². The summed E-state index contributed by atoms with van der Waals surface area (Å²) in [6.07, 6.45) is 2.66. The molecule has 84 valence electrons. The molecule has 0 aliphatic rings. The minimum Gasteiger partial charge on any atom is -0.126 e. The van der Waals surface area contributed by atoms with Crippen LogP contribution in [-0.4, -0.2) is 12.9 Å². The summed E-state index contributed by atoms with van der Waals surface area (Å²) in [5.74, 6) is 0. The monoisotopic (exact) mass is 238 g/mol. The van der Waals surface area contributed by atoms with Gasteiger partial charge >= 0.3 is 0 Å². The third kappa shape index (κ3) is 4.43. The predicted octanol–water partition coefficient (Wildman–Crippen LogP) is 4.82. The van der Waals surface area contributed by atoms with Crippen LogP contribution in [0.1, 0.15) is 19.8 Å². The van der Waals surface area contributed by atoms with Gasteiger partial charge in [-0.2, -0.15) is 0 Å². The lowest BCUT2D eigenvalue weighted by Gasteiger charge is -2.28. The zero-order chi connectivity index (χ0) is 11.3. The van der Waals surface area contributed by atoms with Crippen LogP contribution < -0.4 is 0 Å². The molecule has 0 saturated carbocycles. The molecule has 15 heavy (non-hydrogen) atoms. The zero-order valence-corrected chi connectivity index (χ0v) is 12.1. The van der Waals surface area contributed by atoms with E-state index < -0.39 is 8.07 Å². The maximum absolute atomic E-state index is 2.48. The molecule has 0 saturated heterocycles. The molecular weight excluding hydrogens is 216 g/mol. The molecule has 0 aliphatic carbocycles. The average Bonchev–Trinajstić information content (AvgIpc) is 2.17. The van der Waals surface area contributed by atoms with Crippen LogP contribution in [0.2, 0.25) is 19.6 Å². The van der Waals surface area contributed by atoms with Crippen LogP contribution in [0.15, 0.2) is 35.2 Å². The van der Waals surface area contributed by atoms with Crippen molar-refractivity contribution in [1.29, 1.82) is 0 Å². The molecule has 2 heteroatoms. The van der Waals surface area contributed by atoms with Crippen LogP contribution in [-0.2, 0) is 0 Å². The lowest BCUT2D eigenvalue weighted by atomic mass is 10.4. The summed E-state index contributed by atoms with van der Waals surface area (Å²) in [6.45, 7) is 9.72. The third-order valence-corrected chi connectivity index (χ3v) is 8.30. The van der Waals surface area contributed by atoms with E-state index in [-0.39, 0.29) is 0 Å². The Morgan fingerprint density at radius 2 is 1.73 bits per heavy atom. The van der Waals surface area contributed by atoms with Crippen LogP contribution in [0.4, 0.5) is 0 Å². The van der Waals surface area contributed by atoms with Gasteiger partial charge in [-0.15, -0.1) is 11.8 Å². The van der Waals surface area contributed by atoms with Gasteiger partial charge in [-0.25, -0.2) is 0 Å². The second kappa shape index (κ2) is 5.76. The van der Waals surface area contributed by atoms with Crippen LogP contribution in [0.5, 0.6) is 0 Å². The number of benzene rings is 1. The molecule has 1 atom stereocenters. The maximum Gasteiger partial charge on any atom is 0.0591 e. The highest BCUT2D eigenvalue weighted by Crippen LogP contribution is 2.32. The van der Waals surface area contributed by atoms with E-state index in [1.807, 2.05) is 0 Å². The standard InChI is InChI=1S/C13H22SSi/c1-5-9-13(15(2,3)4)14-12-10-7-6-8-11-12/h6-8,10-11,13H,5,9H2,1-4H3.